The molecule has 42 heavy (non-hydrogen) atoms. The van der Waals surface area contributed by atoms with Gasteiger partial charge < -0.3 is 19.5 Å². The minimum atomic E-state index is -3.46. The molecule has 1 aliphatic rings. The predicted molar refractivity (Wildman–Crippen MR) is 166 cm³/mol. The van der Waals surface area contributed by atoms with Crippen LogP contribution in [0.4, 0.5) is 17.1 Å². The van der Waals surface area contributed by atoms with Crippen molar-refractivity contribution in [3.63, 3.8) is 0 Å². The fraction of sp³-hybridized carbons (Fsp3) is 0.241. The molecule has 2 aromatic heterocycles. The lowest BCUT2D eigenvalue weighted by Gasteiger charge is -2.29. The van der Waals surface area contributed by atoms with Crippen LogP contribution in [0.25, 0.3) is 5.69 Å². The van der Waals surface area contributed by atoms with Crippen molar-refractivity contribution in [3.8, 4) is 11.4 Å². The van der Waals surface area contributed by atoms with Gasteiger partial charge in [0.2, 0.25) is 10.0 Å². The Morgan fingerprint density at radius 1 is 1.10 bits per heavy atom. The molecule has 5 rings (SSSR count). The van der Waals surface area contributed by atoms with E-state index in [9.17, 15) is 18.5 Å². The molecule has 0 unspecified atom stereocenters. The second-order valence-electron chi connectivity index (χ2n) is 10.1. The standard InChI is InChI=1S/C29H30N6O5S2/c1-17-14-20(9-11-23(17)32-42(5,38)39)34-28(27(31-29(34)41)24-8-6-7-13-30-24)22-15-18(2)33(19(22)3)25-12-10-21(40-4)16-26(25)35(36)37/h6-16,27-28,32H,1-5H3,(H,31,41)/t27-,28-/m0/s1. The number of aryl methyl sites for hydroxylation is 2. The summed E-state index contributed by atoms with van der Waals surface area (Å²) in [5, 5.41) is 16.0. The van der Waals surface area contributed by atoms with Gasteiger partial charge in [0, 0.05) is 23.3 Å². The quantitative estimate of drug-likeness (QED) is 0.157. The number of hydrogen-bond acceptors (Lipinski definition) is 7. The lowest BCUT2D eigenvalue weighted by atomic mass is 9.96. The van der Waals surface area contributed by atoms with E-state index in [0.717, 1.165) is 40.2 Å². The first-order valence-electron chi connectivity index (χ1n) is 13.0. The summed E-state index contributed by atoms with van der Waals surface area (Å²) >= 11 is 5.86. The smallest absolute Gasteiger partial charge is 0.296 e. The van der Waals surface area contributed by atoms with Crippen LogP contribution in [-0.4, -0.2) is 41.4 Å². The molecule has 0 saturated carbocycles. The van der Waals surface area contributed by atoms with Crippen LogP contribution in [0.5, 0.6) is 5.75 Å². The van der Waals surface area contributed by atoms with E-state index in [-0.39, 0.29) is 17.8 Å². The molecule has 0 spiro atoms. The first-order valence-corrected chi connectivity index (χ1v) is 15.3. The number of ether oxygens (including phenoxy) is 1. The number of thiocarbonyl (C=S) groups is 1. The summed E-state index contributed by atoms with van der Waals surface area (Å²) in [6.45, 7) is 5.65. The number of hydrogen-bond donors (Lipinski definition) is 2. The van der Waals surface area contributed by atoms with E-state index in [0.29, 0.717) is 22.2 Å². The van der Waals surface area contributed by atoms with Crippen molar-refractivity contribution in [3.05, 3.63) is 105 Å². The molecule has 2 atom stereocenters. The molecule has 11 nitrogen and oxygen atoms in total. The highest BCUT2D eigenvalue weighted by molar-refractivity contribution is 7.92. The van der Waals surface area contributed by atoms with Gasteiger partial charge in [0.1, 0.15) is 11.4 Å². The number of nitro groups is 1. The van der Waals surface area contributed by atoms with E-state index in [2.05, 4.69) is 15.0 Å². The van der Waals surface area contributed by atoms with E-state index < -0.39 is 14.9 Å². The zero-order valence-electron chi connectivity index (χ0n) is 23.7. The maximum atomic E-state index is 12.1. The Hall–Kier alpha value is -4.49. The Morgan fingerprint density at radius 2 is 1.86 bits per heavy atom. The number of anilines is 2. The minimum absolute atomic E-state index is 0.0783. The Bertz CT molecular complexity index is 1810. The number of methoxy groups -OCH3 is 1. The molecule has 2 aromatic carbocycles. The summed E-state index contributed by atoms with van der Waals surface area (Å²) in [6.07, 6.45) is 2.83. The molecule has 2 N–H and O–H groups in total. The third-order valence-electron chi connectivity index (χ3n) is 7.29. The average Bonchev–Trinajstić information content (AvgIpc) is 3.43. The van der Waals surface area contributed by atoms with Crippen LogP contribution < -0.4 is 19.7 Å². The van der Waals surface area contributed by atoms with Crippen molar-refractivity contribution in [2.45, 2.75) is 32.9 Å². The number of sulfonamides is 1. The highest BCUT2D eigenvalue weighted by atomic mass is 32.2. The number of benzene rings is 2. The minimum Gasteiger partial charge on any atom is -0.496 e. The van der Waals surface area contributed by atoms with Crippen molar-refractivity contribution < 1.29 is 18.1 Å². The lowest BCUT2D eigenvalue weighted by molar-refractivity contribution is -0.384. The van der Waals surface area contributed by atoms with Gasteiger partial charge in [0.25, 0.3) is 5.69 Å². The molecular weight excluding hydrogens is 576 g/mol. The van der Waals surface area contributed by atoms with Gasteiger partial charge in [-0.15, -0.1) is 0 Å². The van der Waals surface area contributed by atoms with Gasteiger partial charge in [0.05, 0.1) is 47.8 Å². The third kappa shape index (κ3) is 5.40. The van der Waals surface area contributed by atoms with Crippen molar-refractivity contribution in [1.29, 1.82) is 0 Å². The zero-order chi connectivity index (χ0) is 30.3. The van der Waals surface area contributed by atoms with Crippen molar-refractivity contribution in [1.82, 2.24) is 14.9 Å². The molecule has 13 heteroatoms. The maximum Gasteiger partial charge on any atom is 0.296 e. The zero-order valence-corrected chi connectivity index (χ0v) is 25.3. The van der Waals surface area contributed by atoms with E-state index in [1.807, 2.05) is 66.6 Å². The van der Waals surface area contributed by atoms with E-state index in [1.165, 1.54) is 13.2 Å². The summed E-state index contributed by atoms with van der Waals surface area (Å²) in [6, 6.07) is 17.2. The Balaban J connectivity index is 1.68. The number of aromatic nitrogens is 2. The number of nitrogens with zero attached hydrogens (tertiary/aromatic N) is 4. The second kappa shape index (κ2) is 11.1. The number of rotatable bonds is 8. The summed E-state index contributed by atoms with van der Waals surface area (Å²) in [5.41, 5.74) is 5.58. The largest absolute Gasteiger partial charge is 0.496 e. The molecule has 1 aliphatic heterocycles. The number of pyridine rings is 1. The molecule has 1 fully saturated rings. The van der Waals surface area contributed by atoms with Crippen molar-refractivity contribution in [2.75, 3.05) is 23.0 Å². The Labute approximate surface area is 249 Å². The SMILES string of the molecule is COc1ccc(-n2c(C)cc([C@H]3[C@H](c4ccccn4)NC(=S)N3c3ccc(NS(C)(=O)=O)c(C)c3)c2C)c([N+](=O)[O-])c1. The molecule has 0 amide bonds. The first-order chi connectivity index (χ1) is 19.9. The first kappa shape index (κ1) is 29.0. The summed E-state index contributed by atoms with van der Waals surface area (Å²) in [4.78, 5) is 18.2. The molecule has 1 saturated heterocycles. The van der Waals surface area contributed by atoms with Gasteiger partial charge in [-0.1, -0.05) is 6.07 Å². The van der Waals surface area contributed by atoms with Crippen LogP contribution in [0.15, 0.2) is 66.9 Å². The van der Waals surface area contributed by atoms with Crippen molar-refractivity contribution >= 4 is 44.4 Å². The van der Waals surface area contributed by atoms with Gasteiger partial charge in [0.15, 0.2) is 5.11 Å². The number of nitro benzene ring substituents is 1. The van der Waals surface area contributed by atoms with E-state index in [4.69, 9.17) is 17.0 Å². The Morgan fingerprint density at radius 3 is 2.48 bits per heavy atom. The monoisotopic (exact) mass is 606 g/mol. The molecule has 0 bridgehead atoms. The molecular formula is C29H30N6O5S2. The fourth-order valence-electron chi connectivity index (χ4n) is 5.48. The summed E-state index contributed by atoms with van der Waals surface area (Å²) in [5.74, 6) is 0.393. The molecule has 0 aliphatic carbocycles. The second-order valence-corrected chi connectivity index (χ2v) is 12.3. The Kier molecular flexibility index (Phi) is 7.64. The van der Waals surface area contributed by atoms with Crippen molar-refractivity contribution in [2.24, 2.45) is 0 Å². The van der Waals surface area contributed by atoms with Crippen LogP contribution in [-0.2, 0) is 10.0 Å². The van der Waals surface area contributed by atoms with E-state index in [1.54, 1.807) is 24.4 Å². The highest BCUT2D eigenvalue weighted by Crippen LogP contribution is 2.45. The molecule has 218 valence electrons. The fourth-order valence-corrected chi connectivity index (χ4v) is 6.46. The van der Waals surface area contributed by atoms with E-state index >= 15 is 0 Å². The van der Waals surface area contributed by atoms with Gasteiger partial charge in [-0.3, -0.25) is 19.8 Å². The predicted octanol–water partition coefficient (Wildman–Crippen LogP) is 5.26. The normalized spacial score (nSPS) is 16.8. The van der Waals surface area contributed by atoms with Gasteiger partial charge in [-0.2, -0.15) is 0 Å². The van der Waals surface area contributed by atoms with Crippen LogP contribution in [0.3, 0.4) is 0 Å². The van der Waals surface area contributed by atoms with Crippen LogP contribution in [0.2, 0.25) is 0 Å². The number of nitrogens with one attached hydrogen (secondary N) is 2. The average molecular weight is 607 g/mol. The summed E-state index contributed by atoms with van der Waals surface area (Å²) in [7, 11) is -1.99. The van der Waals surface area contributed by atoms with Gasteiger partial charge in [-0.25, -0.2) is 8.42 Å². The molecule has 0 radical (unpaired) electrons. The summed E-state index contributed by atoms with van der Waals surface area (Å²) < 4.78 is 33.4. The molecule has 4 aromatic rings. The van der Waals surface area contributed by atoms with Crippen LogP contribution in [0, 0.1) is 30.9 Å². The molecule has 3 heterocycles. The third-order valence-corrected chi connectivity index (χ3v) is 8.20. The topological polar surface area (TPSA) is 132 Å². The van der Waals surface area contributed by atoms with Crippen LogP contribution >= 0.6 is 12.2 Å². The maximum absolute atomic E-state index is 12.1. The van der Waals surface area contributed by atoms with Gasteiger partial charge >= 0.3 is 0 Å². The highest BCUT2D eigenvalue weighted by Gasteiger charge is 2.42. The lowest BCUT2D eigenvalue weighted by Crippen LogP contribution is -2.29. The van der Waals surface area contributed by atoms with Crippen LogP contribution in [0.1, 0.15) is 40.3 Å². The van der Waals surface area contributed by atoms with Gasteiger partial charge in [-0.05, 0) is 92.6 Å².